The molecule has 0 radical (unpaired) electrons. The lowest BCUT2D eigenvalue weighted by Gasteiger charge is -2.32. The fourth-order valence-electron chi connectivity index (χ4n) is 3.89. The van der Waals surface area contributed by atoms with Crippen LogP contribution in [-0.2, 0) is 16.6 Å². The van der Waals surface area contributed by atoms with Gasteiger partial charge in [-0.3, -0.25) is 9.48 Å². The lowest BCUT2D eigenvalue weighted by molar-refractivity contribution is -0.129. The Balaban J connectivity index is 1.58. The van der Waals surface area contributed by atoms with Gasteiger partial charge in [0.2, 0.25) is 5.91 Å². The van der Waals surface area contributed by atoms with E-state index in [1.807, 2.05) is 24.0 Å². The van der Waals surface area contributed by atoms with Crippen molar-refractivity contribution in [2.24, 2.45) is 7.05 Å². The summed E-state index contributed by atoms with van der Waals surface area (Å²) in [7, 11) is 1.96. The Bertz CT molecular complexity index is 548. The second-order valence-electron chi connectivity index (χ2n) is 6.75. The van der Waals surface area contributed by atoms with E-state index in [4.69, 9.17) is 4.74 Å². The lowest BCUT2D eigenvalue weighted by atomic mass is 10.0. The van der Waals surface area contributed by atoms with Crippen LogP contribution in [0.3, 0.4) is 0 Å². The van der Waals surface area contributed by atoms with Crippen molar-refractivity contribution in [3.05, 3.63) is 18.0 Å². The van der Waals surface area contributed by atoms with E-state index in [0.717, 1.165) is 44.6 Å². The lowest BCUT2D eigenvalue weighted by Crippen LogP contribution is -2.46. The number of hydrogen-bond donors (Lipinski definition) is 1. The molecule has 3 fully saturated rings. The van der Waals surface area contributed by atoms with Crippen LogP contribution in [0.2, 0.25) is 0 Å². The summed E-state index contributed by atoms with van der Waals surface area (Å²) in [5.41, 5.74) is 1.13. The van der Waals surface area contributed by atoms with Gasteiger partial charge >= 0.3 is 0 Å². The first-order valence-corrected chi connectivity index (χ1v) is 8.37. The van der Waals surface area contributed by atoms with E-state index >= 15 is 0 Å². The third-order valence-electron chi connectivity index (χ3n) is 5.08. The van der Waals surface area contributed by atoms with Gasteiger partial charge in [-0.2, -0.15) is 5.10 Å². The van der Waals surface area contributed by atoms with Crippen molar-refractivity contribution in [1.29, 1.82) is 0 Å². The first-order chi connectivity index (χ1) is 10.7. The normalized spacial score (nSPS) is 32.7. The maximum atomic E-state index is 12.5. The number of carbonyl (C=O) groups is 1. The summed E-state index contributed by atoms with van der Waals surface area (Å²) in [4.78, 5) is 14.7. The molecule has 0 spiro atoms. The number of hydrogen-bond acceptors (Lipinski definition) is 4. The van der Waals surface area contributed by atoms with E-state index in [1.165, 1.54) is 0 Å². The molecule has 6 heteroatoms. The summed E-state index contributed by atoms with van der Waals surface area (Å²) in [5.74, 6) is 0.280. The molecule has 0 aromatic carbocycles. The number of amides is 1. The molecule has 3 atom stereocenters. The van der Waals surface area contributed by atoms with Gasteiger partial charge < -0.3 is 15.0 Å². The molecule has 6 nitrogen and oxygen atoms in total. The Morgan fingerprint density at radius 3 is 2.86 bits per heavy atom. The highest BCUT2D eigenvalue weighted by Crippen LogP contribution is 2.41. The molecule has 2 aliphatic heterocycles. The largest absolute Gasteiger partial charge is 0.380 e. The maximum absolute atomic E-state index is 12.5. The molecule has 0 bridgehead atoms. The minimum Gasteiger partial charge on any atom is -0.380 e. The number of nitrogens with zero attached hydrogens (tertiary/aromatic N) is 3. The third-order valence-corrected chi connectivity index (χ3v) is 5.08. The average Bonchev–Trinajstić information content (AvgIpc) is 3.19. The van der Waals surface area contributed by atoms with Crippen molar-refractivity contribution in [1.82, 2.24) is 20.0 Å². The first kappa shape index (κ1) is 14.2. The molecule has 3 heterocycles. The van der Waals surface area contributed by atoms with Crippen molar-refractivity contribution in [3.63, 3.8) is 0 Å². The Hall–Kier alpha value is -1.40. The van der Waals surface area contributed by atoms with Crippen molar-refractivity contribution in [3.8, 4) is 0 Å². The maximum Gasteiger partial charge on any atom is 0.225 e. The van der Waals surface area contributed by atoms with Gasteiger partial charge in [0.15, 0.2) is 0 Å². The molecule has 1 aromatic heterocycles. The van der Waals surface area contributed by atoms with Crippen molar-refractivity contribution in [2.75, 3.05) is 13.2 Å². The van der Waals surface area contributed by atoms with Crippen LogP contribution in [0.4, 0.5) is 0 Å². The highest BCUT2D eigenvalue weighted by molar-refractivity contribution is 5.81. The zero-order valence-electron chi connectivity index (χ0n) is 13.1. The minimum absolute atomic E-state index is 0.106. The highest BCUT2D eigenvalue weighted by atomic mass is 16.5. The summed E-state index contributed by atoms with van der Waals surface area (Å²) >= 11 is 0. The standard InChI is InChI=1S/C16H24N4O2/c1-19-14(6-7-17-19)16-13(18-11-3-2-8-22-10-11)9-15(21)20(16)12-4-5-12/h6-7,11-13,16,18H,2-5,8-10H2,1H3/t11?,13-,16-/m1/s1. The average molecular weight is 304 g/mol. The molecule has 22 heavy (non-hydrogen) atoms. The van der Waals surface area contributed by atoms with Crippen molar-refractivity contribution >= 4 is 5.91 Å². The number of nitrogens with one attached hydrogen (secondary N) is 1. The Kier molecular flexibility index (Phi) is 3.66. The zero-order chi connectivity index (χ0) is 15.1. The zero-order valence-corrected chi connectivity index (χ0v) is 13.1. The molecular formula is C16H24N4O2. The fourth-order valence-corrected chi connectivity index (χ4v) is 3.89. The van der Waals surface area contributed by atoms with Crippen LogP contribution in [-0.4, -0.2) is 51.9 Å². The van der Waals surface area contributed by atoms with E-state index in [0.29, 0.717) is 18.5 Å². The van der Waals surface area contributed by atoms with E-state index in [2.05, 4.69) is 15.3 Å². The van der Waals surface area contributed by atoms with E-state index in [9.17, 15) is 4.79 Å². The summed E-state index contributed by atoms with van der Waals surface area (Å²) in [6.07, 6.45) is 6.92. The number of carbonyl (C=O) groups excluding carboxylic acids is 1. The fraction of sp³-hybridized carbons (Fsp3) is 0.750. The number of rotatable bonds is 4. The summed E-state index contributed by atoms with van der Waals surface area (Å²) in [6, 6.07) is 3.11. The molecule has 1 N–H and O–H groups in total. The van der Waals surface area contributed by atoms with Gasteiger partial charge in [0, 0.05) is 44.4 Å². The predicted octanol–water partition coefficient (Wildman–Crippen LogP) is 0.993. The Labute approximate surface area is 130 Å². The smallest absolute Gasteiger partial charge is 0.225 e. The van der Waals surface area contributed by atoms with Crippen LogP contribution < -0.4 is 5.32 Å². The van der Waals surface area contributed by atoms with Crippen LogP contribution >= 0.6 is 0 Å². The number of ether oxygens (including phenoxy) is 1. The number of likely N-dealkylation sites (tertiary alicyclic amines) is 1. The summed E-state index contributed by atoms with van der Waals surface area (Å²) < 4.78 is 7.48. The number of aryl methyl sites for hydroxylation is 1. The van der Waals surface area contributed by atoms with Gasteiger partial charge in [0.1, 0.15) is 0 Å². The third kappa shape index (κ3) is 2.54. The van der Waals surface area contributed by atoms with Gasteiger partial charge in [-0.15, -0.1) is 0 Å². The Morgan fingerprint density at radius 2 is 2.23 bits per heavy atom. The van der Waals surface area contributed by atoms with Crippen LogP contribution in [0, 0.1) is 0 Å². The molecule has 4 rings (SSSR count). The van der Waals surface area contributed by atoms with Gasteiger partial charge in [-0.25, -0.2) is 0 Å². The molecule has 2 saturated heterocycles. The predicted molar refractivity (Wildman–Crippen MR) is 81.2 cm³/mol. The monoisotopic (exact) mass is 304 g/mol. The first-order valence-electron chi connectivity index (χ1n) is 8.37. The van der Waals surface area contributed by atoms with Crippen LogP contribution in [0.25, 0.3) is 0 Å². The van der Waals surface area contributed by atoms with Crippen molar-refractivity contribution in [2.45, 2.75) is 56.3 Å². The molecule has 1 unspecified atom stereocenters. The second-order valence-corrected chi connectivity index (χ2v) is 6.75. The van der Waals surface area contributed by atoms with E-state index in [-0.39, 0.29) is 18.0 Å². The van der Waals surface area contributed by atoms with Crippen molar-refractivity contribution < 1.29 is 9.53 Å². The summed E-state index contributed by atoms with van der Waals surface area (Å²) in [6.45, 7) is 1.62. The summed E-state index contributed by atoms with van der Waals surface area (Å²) in [5, 5.41) is 8.01. The molecule has 1 saturated carbocycles. The molecule has 1 amide bonds. The van der Waals surface area contributed by atoms with E-state index in [1.54, 1.807) is 0 Å². The molecule has 1 aromatic rings. The molecule has 3 aliphatic rings. The molecule has 120 valence electrons. The van der Waals surface area contributed by atoms with Gasteiger partial charge in [0.25, 0.3) is 0 Å². The quantitative estimate of drug-likeness (QED) is 0.901. The SMILES string of the molecule is Cn1nccc1[C@H]1[C@H](NC2CCCOC2)CC(=O)N1C1CC1. The molecular weight excluding hydrogens is 280 g/mol. The topological polar surface area (TPSA) is 59.4 Å². The van der Waals surface area contributed by atoms with Gasteiger partial charge in [-0.1, -0.05) is 0 Å². The van der Waals surface area contributed by atoms with Gasteiger partial charge in [0.05, 0.1) is 18.3 Å². The van der Waals surface area contributed by atoms with E-state index < -0.39 is 0 Å². The molecule has 1 aliphatic carbocycles. The highest BCUT2D eigenvalue weighted by Gasteiger charge is 2.48. The second kappa shape index (κ2) is 5.66. The van der Waals surface area contributed by atoms with Gasteiger partial charge in [-0.05, 0) is 31.7 Å². The van der Waals surface area contributed by atoms with Crippen LogP contribution in [0.15, 0.2) is 12.3 Å². The minimum atomic E-state index is 0.106. The van der Waals surface area contributed by atoms with Crippen LogP contribution in [0.5, 0.6) is 0 Å². The van der Waals surface area contributed by atoms with Crippen LogP contribution in [0.1, 0.15) is 43.8 Å². The number of aromatic nitrogens is 2. The Morgan fingerprint density at radius 1 is 1.36 bits per heavy atom.